The minimum atomic E-state index is 0.0154. The van der Waals surface area contributed by atoms with Crippen LogP contribution in [0.5, 0.6) is 0 Å². The molecule has 0 unspecified atom stereocenters. The van der Waals surface area contributed by atoms with Crippen LogP contribution < -0.4 is 0 Å². The van der Waals surface area contributed by atoms with Gasteiger partial charge in [0.1, 0.15) is 11.4 Å². The van der Waals surface area contributed by atoms with Crippen molar-refractivity contribution in [2.45, 2.75) is 31.3 Å². The third-order valence-corrected chi connectivity index (χ3v) is 6.29. The topological polar surface area (TPSA) is 30.3 Å². The van der Waals surface area contributed by atoms with Crippen LogP contribution >= 0.6 is 11.3 Å². The Morgan fingerprint density at radius 3 is 3.00 bits per heavy atom. The van der Waals surface area contributed by atoms with Gasteiger partial charge in [-0.3, -0.25) is 0 Å². The van der Waals surface area contributed by atoms with Gasteiger partial charge in [0, 0.05) is 50.4 Å². The Labute approximate surface area is 135 Å². The van der Waals surface area contributed by atoms with Gasteiger partial charge in [-0.15, -0.1) is 11.3 Å². The molecule has 22 heavy (non-hydrogen) atoms. The molecule has 1 spiro atoms. The molecule has 2 aromatic rings. The summed E-state index contributed by atoms with van der Waals surface area (Å²) in [5.41, 5.74) is 1.54. The zero-order valence-electron chi connectivity index (χ0n) is 13.1. The normalized spacial score (nSPS) is 21.1. The molecular weight excluding hydrogens is 294 g/mol. The monoisotopic (exact) mass is 317 g/mol. The van der Waals surface area contributed by atoms with E-state index in [1.165, 1.54) is 16.3 Å². The number of likely N-dealkylation sites (tertiary alicyclic amines) is 1. The molecule has 1 saturated heterocycles. The van der Waals surface area contributed by atoms with Crippen molar-refractivity contribution < 1.29 is 4.74 Å². The molecule has 0 atom stereocenters. The molecule has 2 aromatic heterocycles. The summed E-state index contributed by atoms with van der Waals surface area (Å²) in [7, 11) is 2.07. The number of aromatic nitrogens is 2. The molecule has 0 saturated carbocycles. The minimum Gasteiger partial charge on any atom is -0.369 e. The number of thiophene rings is 1. The Hall–Kier alpha value is -1.17. The third-order valence-electron chi connectivity index (χ3n) is 5.15. The van der Waals surface area contributed by atoms with E-state index >= 15 is 0 Å². The molecule has 0 N–H and O–H groups in total. The Balaban J connectivity index is 1.38. The van der Waals surface area contributed by atoms with Crippen LogP contribution in [0.25, 0.3) is 0 Å². The number of hydrogen-bond acceptors (Lipinski definition) is 4. The van der Waals surface area contributed by atoms with E-state index in [9.17, 15) is 0 Å². The molecule has 2 aliphatic rings. The molecule has 118 valence electrons. The summed E-state index contributed by atoms with van der Waals surface area (Å²) in [5.74, 6) is 1.18. The van der Waals surface area contributed by atoms with Crippen LogP contribution in [0.4, 0.5) is 0 Å². The Morgan fingerprint density at radius 2 is 2.23 bits per heavy atom. The van der Waals surface area contributed by atoms with Crippen molar-refractivity contribution in [3.8, 4) is 0 Å². The first-order valence-corrected chi connectivity index (χ1v) is 9.04. The average Bonchev–Trinajstić information content (AvgIpc) is 3.17. The van der Waals surface area contributed by atoms with Crippen molar-refractivity contribution in [1.82, 2.24) is 14.5 Å². The lowest BCUT2D eigenvalue weighted by atomic mass is 9.85. The summed E-state index contributed by atoms with van der Waals surface area (Å²) in [6.07, 6.45) is 8.27. The van der Waals surface area contributed by atoms with E-state index in [4.69, 9.17) is 4.74 Å². The first-order valence-electron chi connectivity index (χ1n) is 8.16. The fraction of sp³-hybridized carbons (Fsp3) is 0.588. The van der Waals surface area contributed by atoms with Gasteiger partial charge < -0.3 is 14.2 Å². The number of imidazole rings is 1. The van der Waals surface area contributed by atoms with E-state index in [-0.39, 0.29) is 5.60 Å². The number of rotatable bonds is 3. The van der Waals surface area contributed by atoms with E-state index in [2.05, 4.69) is 32.9 Å². The van der Waals surface area contributed by atoms with Gasteiger partial charge in [-0.05, 0) is 36.3 Å². The number of nitrogens with zero attached hydrogens (tertiary/aromatic N) is 3. The predicted molar refractivity (Wildman–Crippen MR) is 88.2 cm³/mol. The maximum absolute atomic E-state index is 6.28. The third kappa shape index (κ3) is 2.51. The molecule has 2 aliphatic heterocycles. The summed E-state index contributed by atoms with van der Waals surface area (Å²) in [5, 5.41) is 2.23. The van der Waals surface area contributed by atoms with Crippen LogP contribution in [0.2, 0.25) is 0 Å². The van der Waals surface area contributed by atoms with E-state index in [0.717, 1.165) is 51.9 Å². The van der Waals surface area contributed by atoms with Gasteiger partial charge in [0.25, 0.3) is 0 Å². The zero-order chi connectivity index (χ0) is 15.0. The predicted octanol–water partition coefficient (Wildman–Crippen LogP) is 2.59. The van der Waals surface area contributed by atoms with Crippen LogP contribution in [0.1, 0.15) is 29.1 Å². The molecule has 0 bridgehead atoms. The smallest absolute Gasteiger partial charge is 0.109 e. The molecule has 0 radical (unpaired) electrons. The number of piperidine rings is 1. The van der Waals surface area contributed by atoms with Gasteiger partial charge in [-0.1, -0.05) is 0 Å². The van der Waals surface area contributed by atoms with Crippen LogP contribution in [0.15, 0.2) is 23.8 Å². The van der Waals surface area contributed by atoms with Crippen molar-refractivity contribution in [2.24, 2.45) is 7.05 Å². The van der Waals surface area contributed by atoms with E-state index in [0.29, 0.717) is 0 Å². The Bertz CT molecular complexity index is 640. The van der Waals surface area contributed by atoms with E-state index in [1.54, 1.807) is 0 Å². The van der Waals surface area contributed by atoms with Crippen molar-refractivity contribution in [2.75, 3.05) is 26.2 Å². The zero-order valence-corrected chi connectivity index (χ0v) is 13.9. The van der Waals surface area contributed by atoms with E-state index in [1.807, 2.05) is 23.7 Å². The molecular formula is C17H23N3OS. The average molecular weight is 317 g/mol. The number of ether oxygens (including phenoxy) is 1. The number of hydrogen-bond donors (Lipinski definition) is 0. The van der Waals surface area contributed by atoms with Crippen LogP contribution in [0, 0.1) is 0 Å². The summed E-state index contributed by atoms with van der Waals surface area (Å²) in [4.78, 5) is 8.48. The molecule has 1 fully saturated rings. The largest absolute Gasteiger partial charge is 0.369 e. The van der Waals surface area contributed by atoms with Crippen LogP contribution in [0.3, 0.4) is 0 Å². The van der Waals surface area contributed by atoms with Gasteiger partial charge in [0.2, 0.25) is 0 Å². The van der Waals surface area contributed by atoms with Crippen LogP contribution in [-0.4, -0.2) is 40.7 Å². The van der Waals surface area contributed by atoms with Crippen molar-refractivity contribution in [1.29, 1.82) is 0 Å². The molecule has 4 rings (SSSR count). The van der Waals surface area contributed by atoms with Crippen molar-refractivity contribution >= 4 is 11.3 Å². The lowest BCUT2D eigenvalue weighted by Gasteiger charge is -2.43. The number of fused-ring (bicyclic) bond motifs is 2. The Kier molecular flexibility index (Phi) is 3.80. The summed E-state index contributed by atoms with van der Waals surface area (Å²) in [6, 6.07) is 2.29. The highest BCUT2D eigenvalue weighted by molar-refractivity contribution is 7.10. The molecule has 5 heteroatoms. The quantitative estimate of drug-likeness (QED) is 0.872. The summed E-state index contributed by atoms with van der Waals surface area (Å²) >= 11 is 1.89. The van der Waals surface area contributed by atoms with E-state index < -0.39 is 0 Å². The maximum Gasteiger partial charge on any atom is 0.109 e. The summed E-state index contributed by atoms with van der Waals surface area (Å²) in [6.45, 7) is 4.23. The van der Waals surface area contributed by atoms with Gasteiger partial charge in [-0.2, -0.15) is 0 Å². The highest BCUT2D eigenvalue weighted by Crippen LogP contribution is 2.44. The maximum atomic E-state index is 6.28. The highest BCUT2D eigenvalue weighted by atomic mass is 32.1. The minimum absolute atomic E-state index is 0.0154. The first-order chi connectivity index (χ1) is 10.8. The SMILES string of the molecule is Cn1ccnc1CCN1CCC2(CC1)OCCc1ccsc12. The standard InChI is InChI=1S/C17H23N3OS/c1-19-11-7-18-15(19)2-8-20-9-5-17(6-10-20)16-14(3-12-21-17)4-13-22-16/h4,7,11,13H,2-3,5-6,8-10,12H2,1H3. The van der Waals surface area contributed by atoms with Gasteiger partial charge in [0.05, 0.1) is 6.61 Å². The molecule has 4 nitrogen and oxygen atoms in total. The number of aryl methyl sites for hydroxylation is 1. The van der Waals surface area contributed by atoms with Crippen molar-refractivity contribution in [3.05, 3.63) is 40.1 Å². The molecule has 0 aliphatic carbocycles. The fourth-order valence-electron chi connectivity index (χ4n) is 3.76. The molecule has 4 heterocycles. The Morgan fingerprint density at radius 1 is 1.36 bits per heavy atom. The fourth-order valence-corrected chi connectivity index (χ4v) is 4.93. The van der Waals surface area contributed by atoms with Gasteiger partial charge in [-0.25, -0.2) is 4.98 Å². The first kappa shape index (κ1) is 14.4. The van der Waals surface area contributed by atoms with Gasteiger partial charge in [0.15, 0.2) is 0 Å². The molecule has 0 amide bonds. The second-order valence-corrected chi connectivity index (χ2v) is 7.33. The molecule has 0 aromatic carbocycles. The van der Waals surface area contributed by atoms with Gasteiger partial charge >= 0.3 is 0 Å². The second-order valence-electron chi connectivity index (χ2n) is 6.41. The van der Waals surface area contributed by atoms with Crippen LogP contribution in [-0.2, 0) is 30.2 Å². The lowest BCUT2D eigenvalue weighted by Crippen LogP contribution is -2.46. The summed E-state index contributed by atoms with van der Waals surface area (Å²) < 4.78 is 8.39. The van der Waals surface area contributed by atoms with Crippen molar-refractivity contribution in [3.63, 3.8) is 0 Å². The highest BCUT2D eigenvalue weighted by Gasteiger charge is 2.41. The second kappa shape index (κ2) is 5.80. The lowest BCUT2D eigenvalue weighted by molar-refractivity contribution is -0.0949.